The minimum absolute atomic E-state index is 0.249. The van der Waals surface area contributed by atoms with Gasteiger partial charge in [0.15, 0.2) is 17.0 Å². The van der Waals surface area contributed by atoms with Gasteiger partial charge < -0.3 is 5.73 Å². The number of nitriles is 1. The maximum Gasteiger partial charge on any atom is 0.226 e. The molecule has 104 valence electrons. The first-order chi connectivity index (χ1) is 10.1. The van der Waals surface area contributed by atoms with Gasteiger partial charge in [-0.15, -0.1) is 0 Å². The van der Waals surface area contributed by atoms with Gasteiger partial charge in [0.2, 0.25) is 5.65 Å². The second-order valence-electron chi connectivity index (χ2n) is 4.45. The third kappa shape index (κ3) is 2.14. The van der Waals surface area contributed by atoms with E-state index in [1.807, 2.05) is 0 Å². The van der Waals surface area contributed by atoms with E-state index < -0.39 is 5.82 Å². The molecule has 0 aliphatic carbocycles. The first-order valence-electron chi connectivity index (χ1n) is 6.03. The number of nitrogens with two attached hydrogens (primary N) is 1. The molecule has 0 spiro atoms. The minimum Gasteiger partial charge on any atom is -0.396 e. The zero-order valence-corrected chi connectivity index (χ0v) is 11.0. The van der Waals surface area contributed by atoms with Crippen molar-refractivity contribution in [2.45, 2.75) is 13.3 Å². The molecular weight excluding hydrogens is 275 g/mol. The number of pyridine rings is 2. The summed E-state index contributed by atoms with van der Waals surface area (Å²) in [5.41, 5.74) is 8.75. The Morgan fingerprint density at radius 1 is 1.33 bits per heavy atom. The molecule has 21 heavy (non-hydrogen) atoms. The molecule has 0 aliphatic heterocycles. The zero-order valence-electron chi connectivity index (χ0n) is 11.0. The fraction of sp³-hybridized carbons (Fsp3) is 0.154. The molecule has 2 N–H and O–H groups in total. The lowest BCUT2D eigenvalue weighted by Gasteiger charge is -2.08. The summed E-state index contributed by atoms with van der Waals surface area (Å²) in [6, 6.07) is 4.41. The van der Waals surface area contributed by atoms with Gasteiger partial charge in [0.1, 0.15) is 6.07 Å². The van der Waals surface area contributed by atoms with Gasteiger partial charge in [0, 0.05) is 23.4 Å². The Morgan fingerprint density at radius 3 is 2.90 bits per heavy atom. The first kappa shape index (κ1) is 12.9. The molecule has 0 bridgehead atoms. The van der Waals surface area contributed by atoms with Gasteiger partial charge in [0.05, 0.1) is 5.69 Å². The van der Waals surface area contributed by atoms with Crippen molar-refractivity contribution in [3.63, 3.8) is 0 Å². The number of aryl methyl sites for hydroxylation is 1. The molecule has 3 aromatic heterocycles. The highest BCUT2D eigenvalue weighted by atomic mass is 19.1. The topological polar surface area (TPSA) is 115 Å². The molecule has 3 aromatic rings. The van der Waals surface area contributed by atoms with E-state index >= 15 is 0 Å². The molecule has 0 saturated heterocycles. The molecule has 0 aliphatic rings. The van der Waals surface area contributed by atoms with Crippen LogP contribution in [0.1, 0.15) is 22.6 Å². The summed E-state index contributed by atoms with van der Waals surface area (Å²) in [6.45, 7) is 1.77. The van der Waals surface area contributed by atoms with Crippen LogP contribution in [0.5, 0.6) is 0 Å². The minimum atomic E-state index is -0.653. The normalized spacial score (nSPS) is 10.7. The first-order valence-corrected chi connectivity index (χ1v) is 6.03. The van der Waals surface area contributed by atoms with Crippen LogP contribution in [0.25, 0.3) is 11.2 Å². The highest BCUT2D eigenvalue weighted by Crippen LogP contribution is 2.25. The Morgan fingerprint density at radius 2 is 2.14 bits per heavy atom. The summed E-state index contributed by atoms with van der Waals surface area (Å²) in [6.07, 6.45) is 0.308. The van der Waals surface area contributed by atoms with Gasteiger partial charge in [-0.3, -0.25) is 0 Å². The van der Waals surface area contributed by atoms with E-state index in [-0.39, 0.29) is 5.69 Å². The van der Waals surface area contributed by atoms with Gasteiger partial charge in [0.25, 0.3) is 0 Å². The molecular formula is C13H9FN6O. The van der Waals surface area contributed by atoms with Crippen molar-refractivity contribution in [1.82, 2.24) is 20.3 Å². The second-order valence-corrected chi connectivity index (χ2v) is 4.45. The molecule has 0 amide bonds. The third-order valence-electron chi connectivity index (χ3n) is 3.13. The number of nitrogen functional groups attached to an aromatic ring is 1. The van der Waals surface area contributed by atoms with Gasteiger partial charge in [-0.1, -0.05) is 0 Å². The number of nitrogens with zero attached hydrogens (tertiary/aromatic N) is 5. The Labute approximate surface area is 118 Å². The number of anilines is 1. The summed E-state index contributed by atoms with van der Waals surface area (Å²) >= 11 is 0. The van der Waals surface area contributed by atoms with E-state index in [9.17, 15) is 4.39 Å². The van der Waals surface area contributed by atoms with Crippen LogP contribution in [0.3, 0.4) is 0 Å². The molecule has 0 radical (unpaired) electrons. The van der Waals surface area contributed by atoms with Crippen molar-refractivity contribution >= 4 is 16.9 Å². The fourth-order valence-corrected chi connectivity index (χ4v) is 2.05. The summed E-state index contributed by atoms with van der Waals surface area (Å²) in [7, 11) is 0. The number of hydrogen-bond donors (Lipinski definition) is 1. The summed E-state index contributed by atoms with van der Waals surface area (Å²) < 4.78 is 17.9. The van der Waals surface area contributed by atoms with Gasteiger partial charge in [-0.25, -0.2) is 19.0 Å². The highest BCUT2D eigenvalue weighted by Gasteiger charge is 2.16. The van der Waals surface area contributed by atoms with Crippen molar-refractivity contribution in [3.8, 4) is 6.07 Å². The molecule has 3 heterocycles. The number of aromatic nitrogens is 4. The molecule has 0 aromatic carbocycles. The number of halogens is 1. The Kier molecular flexibility index (Phi) is 2.95. The smallest absolute Gasteiger partial charge is 0.226 e. The van der Waals surface area contributed by atoms with Gasteiger partial charge in [-0.2, -0.15) is 5.26 Å². The van der Waals surface area contributed by atoms with Crippen LogP contribution in [0.2, 0.25) is 0 Å². The molecule has 8 heteroatoms. The van der Waals surface area contributed by atoms with E-state index in [0.717, 1.165) is 0 Å². The van der Waals surface area contributed by atoms with Crippen LogP contribution in [0.4, 0.5) is 10.1 Å². The number of hydrogen-bond acceptors (Lipinski definition) is 7. The average molecular weight is 284 g/mol. The molecule has 7 nitrogen and oxygen atoms in total. The van der Waals surface area contributed by atoms with Gasteiger partial charge >= 0.3 is 0 Å². The van der Waals surface area contributed by atoms with E-state index in [1.165, 1.54) is 12.1 Å². The van der Waals surface area contributed by atoms with Crippen LogP contribution in [0.15, 0.2) is 16.8 Å². The molecule has 0 unspecified atom stereocenters. The lowest BCUT2D eigenvalue weighted by atomic mass is 10.0. The Bertz CT molecular complexity index is 882. The zero-order chi connectivity index (χ0) is 15.0. The van der Waals surface area contributed by atoms with E-state index in [0.29, 0.717) is 40.2 Å². The third-order valence-corrected chi connectivity index (χ3v) is 3.13. The standard InChI is InChI=1S/C13H9FN6O/c1-6-8(11(16)12-13(17-6)20-21-19-12)4-7-2-3-9(14)10(5-15)18-7/h2-3H,4,16H2,1H3. The van der Waals surface area contributed by atoms with Crippen molar-refractivity contribution in [2.24, 2.45) is 0 Å². The maximum absolute atomic E-state index is 13.3. The van der Waals surface area contributed by atoms with Crippen LogP contribution in [-0.4, -0.2) is 20.3 Å². The Balaban J connectivity index is 2.08. The van der Waals surface area contributed by atoms with E-state index in [4.69, 9.17) is 11.0 Å². The molecule has 3 rings (SSSR count). The van der Waals surface area contributed by atoms with Gasteiger partial charge in [-0.05, 0) is 29.4 Å². The quantitative estimate of drug-likeness (QED) is 0.758. The molecule has 0 atom stereocenters. The highest BCUT2D eigenvalue weighted by molar-refractivity contribution is 5.85. The van der Waals surface area contributed by atoms with E-state index in [1.54, 1.807) is 13.0 Å². The summed E-state index contributed by atoms with van der Waals surface area (Å²) in [5.74, 6) is -0.653. The predicted octanol–water partition coefficient (Wildman–Crippen LogP) is 1.50. The summed E-state index contributed by atoms with van der Waals surface area (Å²) in [5, 5.41) is 16.2. The van der Waals surface area contributed by atoms with Crippen LogP contribution < -0.4 is 5.73 Å². The lowest BCUT2D eigenvalue weighted by Crippen LogP contribution is -2.04. The average Bonchev–Trinajstić information content (AvgIpc) is 2.93. The summed E-state index contributed by atoms with van der Waals surface area (Å²) in [4.78, 5) is 8.20. The van der Waals surface area contributed by atoms with Crippen LogP contribution in [0, 0.1) is 24.1 Å². The molecule has 0 fully saturated rings. The maximum atomic E-state index is 13.3. The lowest BCUT2D eigenvalue weighted by molar-refractivity contribution is 0.315. The van der Waals surface area contributed by atoms with Crippen LogP contribution >= 0.6 is 0 Å². The Hall–Kier alpha value is -3.08. The van der Waals surface area contributed by atoms with Crippen molar-refractivity contribution in [1.29, 1.82) is 5.26 Å². The number of rotatable bonds is 2. The van der Waals surface area contributed by atoms with Crippen molar-refractivity contribution in [2.75, 3.05) is 5.73 Å². The number of fused-ring (bicyclic) bond motifs is 1. The van der Waals surface area contributed by atoms with Crippen molar-refractivity contribution in [3.05, 3.63) is 40.6 Å². The predicted molar refractivity (Wildman–Crippen MR) is 70.5 cm³/mol. The monoisotopic (exact) mass is 284 g/mol. The van der Waals surface area contributed by atoms with E-state index in [2.05, 4.69) is 24.9 Å². The second kappa shape index (κ2) is 4.79. The van der Waals surface area contributed by atoms with Crippen LogP contribution in [-0.2, 0) is 6.42 Å². The fourth-order valence-electron chi connectivity index (χ4n) is 2.05. The molecule has 0 saturated carbocycles. The largest absolute Gasteiger partial charge is 0.396 e. The van der Waals surface area contributed by atoms with Crippen molar-refractivity contribution < 1.29 is 9.02 Å². The SMILES string of the molecule is Cc1nc2nonc2c(N)c1Cc1ccc(F)c(C#N)n1.